The van der Waals surface area contributed by atoms with E-state index in [1.165, 1.54) is 7.05 Å². The van der Waals surface area contributed by atoms with Crippen LogP contribution in [0.2, 0.25) is 0 Å². The molecule has 0 fully saturated rings. The van der Waals surface area contributed by atoms with Gasteiger partial charge >= 0.3 is 6.18 Å². The van der Waals surface area contributed by atoms with Crippen molar-refractivity contribution in [2.75, 3.05) is 13.6 Å². The molecule has 1 amide bonds. The number of amides is 1. The highest BCUT2D eigenvalue weighted by Crippen LogP contribution is 2.32. The Bertz CT molecular complexity index is 505. The Morgan fingerprint density at radius 1 is 1.44 bits per heavy atom. The van der Waals surface area contributed by atoms with Crippen molar-refractivity contribution in [2.24, 2.45) is 0 Å². The highest BCUT2D eigenvalue weighted by Gasteiger charge is 2.36. The van der Waals surface area contributed by atoms with Crippen molar-refractivity contribution in [3.8, 4) is 6.07 Å². The van der Waals surface area contributed by atoms with Crippen molar-refractivity contribution in [1.82, 2.24) is 4.90 Å². The van der Waals surface area contributed by atoms with Crippen LogP contribution >= 0.6 is 0 Å². The number of rotatable bonds is 2. The monoisotopic (exact) mass is 260 g/mol. The molecule has 1 aromatic rings. The van der Waals surface area contributed by atoms with E-state index >= 15 is 0 Å². The van der Waals surface area contributed by atoms with Crippen molar-refractivity contribution in [3.05, 3.63) is 35.1 Å². The second-order valence-corrected chi connectivity index (χ2v) is 3.48. The van der Waals surface area contributed by atoms with E-state index in [-0.39, 0.29) is 6.54 Å². The Hall–Kier alpha value is -2.10. The molecule has 0 aliphatic rings. The minimum atomic E-state index is -4.87. The Balaban J connectivity index is 3.20. The largest absolute Gasteiger partial charge is 0.419 e. The lowest BCUT2D eigenvalue weighted by atomic mass is 10.1. The Labute approximate surface area is 100 Å². The van der Waals surface area contributed by atoms with Crippen LogP contribution in [0.15, 0.2) is 18.2 Å². The molecule has 7 heteroatoms. The van der Waals surface area contributed by atoms with Crippen LogP contribution in [-0.2, 0) is 6.18 Å². The fourth-order valence-corrected chi connectivity index (χ4v) is 1.30. The molecule has 0 atom stereocenters. The molecule has 0 bridgehead atoms. The van der Waals surface area contributed by atoms with E-state index in [0.717, 1.165) is 17.0 Å². The van der Waals surface area contributed by atoms with Crippen molar-refractivity contribution in [1.29, 1.82) is 5.26 Å². The summed E-state index contributed by atoms with van der Waals surface area (Å²) in [6, 6.07) is 4.08. The maximum absolute atomic E-state index is 13.6. The minimum Gasteiger partial charge on any atom is -0.328 e. The number of hydrogen-bond acceptors (Lipinski definition) is 2. The topological polar surface area (TPSA) is 44.1 Å². The fraction of sp³-hybridized carbons (Fsp3) is 0.273. The molecule has 96 valence electrons. The van der Waals surface area contributed by atoms with Crippen molar-refractivity contribution >= 4 is 5.91 Å². The highest BCUT2D eigenvalue weighted by atomic mass is 19.4. The second-order valence-electron chi connectivity index (χ2n) is 3.48. The third kappa shape index (κ3) is 2.77. The molecular weight excluding hydrogens is 252 g/mol. The molecule has 0 N–H and O–H groups in total. The minimum absolute atomic E-state index is 0.339. The van der Waals surface area contributed by atoms with Crippen LogP contribution in [0.25, 0.3) is 0 Å². The number of nitrogens with zero attached hydrogens (tertiary/aromatic N) is 2. The Morgan fingerprint density at radius 2 is 2.06 bits per heavy atom. The first kappa shape index (κ1) is 14.0. The summed E-state index contributed by atoms with van der Waals surface area (Å²) in [5, 5.41) is 8.37. The zero-order chi connectivity index (χ0) is 13.9. The zero-order valence-electron chi connectivity index (χ0n) is 9.25. The van der Waals surface area contributed by atoms with Crippen LogP contribution in [0.4, 0.5) is 17.6 Å². The summed E-state index contributed by atoms with van der Waals surface area (Å²) in [5.74, 6) is -2.60. The van der Waals surface area contributed by atoms with Crippen LogP contribution < -0.4 is 0 Å². The van der Waals surface area contributed by atoms with Gasteiger partial charge < -0.3 is 4.90 Å². The van der Waals surface area contributed by atoms with Crippen LogP contribution in [0, 0.1) is 17.1 Å². The molecule has 0 heterocycles. The lowest BCUT2D eigenvalue weighted by Crippen LogP contribution is -2.28. The van der Waals surface area contributed by atoms with E-state index in [0.29, 0.717) is 6.07 Å². The van der Waals surface area contributed by atoms with Gasteiger partial charge in [-0.3, -0.25) is 4.79 Å². The number of nitriles is 1. The predicted octanol–water partition coefficient (Wildman–Crippen LogP) is 2.44. The third-order valence-corrected chi connectivity index (χ3v) is 2.19. The van der Waals surface area contributed by atoms with Crippen molar-refractivity contribution in [3.63, 3.8) is 0 Å². The van der Waals surface area contributed by atoms with Gasteiger partial charge in [-0.15, -0.1) is 0 Å². The van der Waals surface area contributed by atoms with E-state index in [1.54, 1.807) is 6.07 Å². The van der Waals surface area contributed by atoms with Crippen LogP contribution in [0.3, 0.4) is 0 Å². The molecule has 1 aromatic carbocycles. The summed E-state index contributed by atoms with van der Waals surface area (Å²) in [5.41, 5.74) is -2.21. The van der Waals surface area contributed by atoms with Crippen LogP contribution in [0.1, 0.15) is 15.9 Å². The molecule has 0 aliphatic carbocycles. The summed E-state index contributed by atoms with van der Waals surface area (Å²) < 4.78 is 50.8. The molecule has 0 aliphatic heterocycles. The maximum Gasteiger partial charge on any atom is 0.419 e. The molecule has 0 saturated heterocycles. The molecule has 3 nitrogen and oxygen atoms in total. The van der Waals surface area contributed by atoms with Crippen molar-refractivity contribution < 1.29 is 22.4 Å². The van der Waals surface area contributed by atoms with E-state index < -0.39 is 29.0 Å². The summed E-state index contributed by atoms with van der Waals surface area (Å²) in [7, 11) is 1.20. The first-order valence-corrected chi connectivity index (χ1v) is 4.77. The molecule has 0 aromatic heterocycles. The molecule has 0 unspecified atom stereocenters. The summed E-state index contributed by atoms with van der Waals surface area (Å²) in [6.07, 6.45) is -4.87. The Morgan fingerprint density at radius 3 is 2.56 bits per heavy atom. The molecule has 0 saturated carbocycles. The SMILES string of the molecule is CN(CC#N)C(=O)c1cccc(C(F)(F)F)c1F. The third-order valence-electron chi connectivity index (χ3n) is 2.19. The number of carbonyl (C=O) groups is 1. The molecule has 0 radical (unpaired) electrons. The van der Waals surface area contributed by atoms with Gasteiger partial charge in [-0.25, -0.2) is 4.39 Å². The number of halogens is 4. The molecule has 1 rings (SSSR count). The van der Waals surface area contributed by atoms with E-state index in [9.17, 15) is 22.4 Å². The standard InChI is InChI=1S/C11H8F4N2O/c1-17(6-5-16)10(18)7-3-2-4-8(9(7)12)11(13,14)15/h2-4H,6H2,1H3. The van der Waals surface area contributed by atoms with Gasteiger partial charge in [-0.2, -0.15) is 18.4 Å². The maximum atomic E-state index is 13.6. The average molecular weight is 260 g/mol. The van der Waals surface area contributed by atoms with Crippen LogP contribution in [0.5, 0.6) is 0 Å². The number of carbonyl (C=O) groups excluding carboxylic acids is 1. The molecular formula is C11H8F4N2O. The first-order chi connectivity index (χ1) is 8.29. The molecule has 18 heavy (non-hydrogen) atoms. The first-order valence-electron chi connectivity index (χ1n) is 4.77. The lowest BCUT2D eigenvalue weighted by Gasteiger charge is -2.15. The summed E-state index contributed by atoms with van der Waals surface area (Å²) in [4.78, 5) is 12.4. The summed E-state index contributed by atoms with van der Waals surface area (Å²) >= 11 is 0. The predicted molar refractivity (Wildman–Crippen MR) is 54.0 cm³/mol. The van der Waals surface area contributed by atoms with Crippen molar-refractivity contribution in [2.45, 2.75) is 6.18 Å². The van der Waals surface area contributed by atoms with Gasteiger partial charge in [0.15, 0.2) is 0 Å². The quantitative estimate of drug-likeness (QED) is 0.605. The van der Waals surface area contributed by atoms with E-state index in [4.69, 9.17) is 5.26 Å². The lowest BCUT2D eigenvalue weighted by molar-refractivity contribution is -0.140. The smallest absolute Gasteiger partial charge is 0.328 e. The zero-order valence-corrected chi connectivity index (χ0v) is 9.25. The second kappa shape index (κ2) is 5.04. The Kier molecular flexibility index (Phi) is 3.91. The van der Waals surface area contributed by atoms with Gasteiger partial charge in [0.2, 0.25) is 0 Å². The van der Waals surface area contributed by atoms with Gasteiger partial charge in [0.25, 0.3) is 5.91 Å². The number of alkyl halides is 3. The average Bonchev–Trinajstić information content (AvgIpc) is 2.27. The van der Waals surface area contributed by atoms with Gasteiger partial charge in [-0.1, -0.05) is 6.07 Å². The number of benzene rings is 1. The van der Waals surface area contributed by atoms with Gasteiger partial charge in [0.05, 0.1) is 17.2 Å². The van der Waals surface area contributed by atoms with E-state index in [2.05, 4.69) is 0 Å². The van der Waals surface area contributed by atoms with Crippen LogP contribution in [-0.4, -0.2) is 24.4 Å². The van der Waals surface area contributed by atoms with Gasteiger partial charge in [-0.05, 0) is 12.1 Å². The normalized spacial score (nSPS) is 10.9. The van der Waals surface area contributed by atoms with Gasteiger partial charge in [0, 0.05) is 7.05 Å². The molecule has 0 spiro atoms. The van der Waals surface area contributed by atoms with Gasteiger partial charge in [0.1, 0.15) is 12.4 Å². The highest BCUT2D eigenvalue weighted by molar-refractivity contribution is 5.94. The number of hydrogen-bond donors (Lipinski definition) is 0. The van der Waals surface area contributed by atoms with E-state index in [1.807, 2.05) is 0 Å². The fourth-order valence-electron chi connectivity index (χ4n) is 1.30. The summed E-state index contributed by atoms with van der Waals surface area (Å²) in [6.45, 7) is -0.339.